The number of halogens is 1. The summed E-state index contributed by atoms with van der Waals surface area (Å²) >= 11 is 5.94. The summed E-state index contributed by atoms with van der Waals surface area (Å²) in [7, 11) is 0. The molecule has 0 atom stereocenters. The van der Waals surface area contributed by atoms with Crippen LogP contribution in [0.3, 0.4) is 0 Å². The minimum absolute atomic E-state index is 0.0969. The van der Waals surface area contributed by atoms with Crippen LogP contribution in [0, 0.1) is 6.92 Å². The van der Waals surface area contributed by atoms with E-state index >= 15 is 0 Å². The molecule has 0 fully saturated rings. The van der Waals surface area contributed by atoms with Gasteiger partial charge in [-0.2, -0.15) is 0 Å². The molecule has 5 heteroatoms. The largest absolute Gasteiger partial charge is 0.465 e. The van der Waals surface area contributed by atoms with Gasteiger partial charge in [0.25, 0.3) is 5.91 Å². The Labute approximate surface area is 124 Å². The van der Waals surface area contributed by atoms with Gasteiger partial charge in [0.05, 0.1) is 6.61 Å². The standard InChI is InChI=1S/C15H18ClNO3/c1-4-8-17(10-14(18)20-5-2)15(19)12-6-7-13(16)11(3)9-12/h4,6-7,9H,1,5,8,10H2,2-3H3. The Bertz CT molecular complexity index is 514. The highest BCUT2D eigenvalue weighted by Gasteiger charge is 2.18. The molecule has 0 radical (unpaired) electrons. The Kier molecular flexibility index (Phi) is 6.25. The smallest absolute Gasteiger partial charge is 0.325 e. The molecule has 1 aromatic carbocycles. The van der Waals surface area contributed by atoms with Gasteiger partial charge in [-0.05, 0) is 37.6 Å². The maximum atomic E-state index is 12.4. The van der Waals surface area contributed by atoms with Gasteiger partial charge in [0.1, 0.15) is 6.54 Å². The van der Waals surface area contributed by atoms with Crippen LogP contribution in [0.15, 0.2) is 30.9 Å². The van der Waals surface area contributed by atoms with Crippen LogP contribution in [-0.2, 0) is 9.53 Å². The summed E-state index contributed by atoms with van der Waals surface area (Å²) in [6, 6.07) is 5.01. The lowest BCUT2D eigenvalue weighted by Crippen LogP contribution is -2.36. The first-order valence-electron chi connectivity index (χ1n) is 6.31. The van der Waals surface area contributed by atoms with Crippen molar-refractivity contribution in [2.45, 2.75) is 13.8 Å². The number of esters is 1. The van der Waals surface area contributed by atoms with Crippen LogP contribution in [0.25, 0.3) is 0 Å². The van der Waals surface area contributed by atoms with Crippen molar-refractivity contribution in [1.29, 1.82) is 0 Å². The zero-order chi connectivity index (χ0) is 15.1. The molecule has 4 nitrogen and oxygen atoms in total. The van der Waals surface area contributed by atoms with Gasteiger partial charge in [0.15, 0.2) is 0 Å². The first kappa shape index (κ1) is 16.2. The number of carbonyl (C=O) groups is 2. The predicted octanol–water partition coefficient (Wildman–Crippen LogP) is 2.84. The van der Waals surface area contributed by atoms with E-state index in [-0.39, 0.29) is 25.6 Å². The molecular weight excluding hydrogens is 278 g/mol. The van der Waals surface area contributed by atoms with Crippen molar-refractivity contribution in [3.8, 4) is 0 Å². The summed E-state index contributed by atoms with van der Waals surface area (Å²) in [5, 5.41) is 0.599. The van der Waals surface area contributed by atoms with Crippen molar-refractivity contribution >= 4 is 23.5 Å². The molecule has 0 spiro atoms. The lowest BCUT2D eigenvalue weighted by atomic mass is 10.1. The van der Waals surface area contributed by atoms with Crippen molar-refractivity contribution in [2.24, 2.45) is 0 Å². The van der Waals surface area contributed by atoms with Gasteiger partial charge in [0.2, 0.25) is 0 Å². The zero-order valence-corrected chi connectivity index (χ0v) is 12.4. The zero-order valence-electron chi connectivity index (χ0n) is 11.7. The maximum Gasteiger partial charge on any atom is 0.325 e. The van der Waals surface area contributed by atoms with Crippen LogP contribution >= 0.6 is 11.6 Å². The number of carbonyl (C=O) groups excluding carboxylic acids is 2. The molecular formula is C15H18ClNO3. The topological polar surface area (TPSA) is 46.6 Å². The van der Waals surface area contributed by atoms with E-state index in [1.807, 2.05) is 6.92 Å². The Morgan fingerprint density at radius 2 is 2.15 bits per heavy atom. The summed E-state index contributed by atoms with van der Waals surface area (Å²) in [5.74, 6) is -0.689. The SMILES string of the molecule is C=CCN(CC(=O)OCC)C(=O)c1ccc(Cl)c(C)c1. The van der Waals surface area contributed by atoms with Crippen molar-refractivity contribution in [3.63, 3.8) is 0 Å². The fourth-order valence-electron chi connectivity index (χ4n) is 1.70. The normalized spacial score (nSPS) is 9.95. The van der Waals surface area contributed by atoms with Crippen molar-refractivity contribution in [3.05, 3.63) is 47.0 Å². The first-order chi connectivity index (χ1) is 9.49. The highest BCUT2D eigenvalue weighted by Crippen LogP contribution is 2.17. The minimum Gasteiger partial charge on any atom is -0.465 e. The molecule has 1 aromatic rings. The number of hydrogen-bond donors (Lipinski definition) is 0. The van der Waals surface area contributed by atoms with Gasteiger partial charge in [-0.1, -0.05) is 17.7 Å². The van der Waals surface area contributed by atoms with E-state index in [2.05, 4.69) is 6.58 Å². The van der Waals surface area contributed by atoms with Crippen LogP contribution in [0.5, 0.6) is 0 Å². The second-order valence-corrected chi connectivity index (χ2v) is 4.65. The van der Waals surface area contributed by atoms with Gasteiger partial charge in [-0.3, -0.25) is 9.59 Å². The number of aryl methyl sites for hydroxylation is 1. The summed E-state index contributed by atoms with van der Waals surface area (Å²) in [4.78, 5) is 25.3. The number of ether oxygens (including phenoxy) is 1. The molecule has 0 aliphatic heterocycles. The monoisotopic (exact) mass is 295 g/mol. The predicted molar refractivity (Wildman–Crippen MR) is 78.9 cm³/mol. The number of amides is 1. The molecule has 0 saturated carbocycles. The third-order valence-corrected chi connectivity index (χ3v) is 3.09. The molecule has 1 amide bonds. The fraction of sp³-hybridized carbons (Fsp3) is 0.333. The van der Waals surface area contributed by atoms with E-state index < -0.39 is 5.97 Å². The van der Waals surface area contributed by atoms with Crippen LogP contribution < -0.4 is 0 Å². The second kappa shape index (κ2) is 7.70. The molecule has 0 saturated heterocycles. The van der Waals surface area contributed by atoms with E-state index in [1.165, 1.54) is 4.90 Å². The van der Waals surface area contributed by atoms with E-state index in [1.54, 1.807) is 31.2 Å². The molecule has 1 rings (SSSR count). The lowest BCUT2D eigenvalue weighted by Gasteiger charge is -2.20. The van der Waals surface area contributed by atoms with E-state index in [0.717, 1.165) is 5.56 Å². The van der Waals surface area contributed by atoms with E-state index in [0.29, 0.717) is 10.6 Å². The Balaban J connectivity index is 2.89. The second-order valence-electron chi connectivity index (χ2n) is 4.24. The van der Waals surface area contributed by atoms with Gasteiger partial charge in [0, 0.05) is 17.1 Å². The molecule has 0 bridgehead atoms. The minimum atomic E-state index is -0.437. The third-order valence-electron chi connectivity index (χ3n) is 2.67. The number of hydrogen-bond acceptors (Lipinski definition) is 3. The number of benzene rings is 1. The number of rotatable bonds is 6. The highest BCUT2D eigenvalue weighted by atomic mass is 35.5. The molecule has 0 N–H and O–H groups in total. The summed E-state index contributed by atoms with van der Waals surface area (Å²) in [6.07, 6.45) is 1.57. The summed E-state index contributed by atoms with van der Waals surface area (Å²) in [5.41, 5.74) is 1.30. The first-order valence-corrected chi connectivity index (χ1v) is 6.69. The van der Waals surface area contributed by atoms with Crippen LogP contribution in [-0.4, -0.2) is 36.5 Å². The summed E-state index contributed by atoms with van der Waals surface area (Å²) in [6.45, 7) is 7.61. The molecule has 0 heterocycles. The van der Waals surface area contributed by atoms with Crippen molar-refractivity contribution in [1.82, 2.24) is 4.90 Å². The quantitative estimate of drug-likeness (QED) is 0.599. The van der Waals surface area contributed by atoms with E-state index in [9.17, 15) is 9.59 Å². The average Bonchev–Trinajstić information content (AvgIpc) is 2.41. The Morgan fingerprint density at radius 1 is 1.45 bits per heavy atom. The third kappa shape index (κ3) is 4.38. The lowest BCUT2D eigenvalue weighted by molar-refractivity contribution is -0.143. The van der Waals surface area contributed by atoms with Gasteiger partial charge in [-0.25, -0.2) is 0 Å². The molecule has 108 valence electrons. The van der Waals surface area contributed by atoms with Crippen molar-refractivity contribution in [2.75, 3.05) is 19.7 Å². The van der Waals surface area contributed by atoms with Crippen LogP contribution in [0.1, 0.15) is 22.8 Å². The molecule has 0 aromatic heterocycles. The molecule has 0 aliphatic rings. The maximum absolute atomic E-state index is 12.4. The van der Waals surface area contributed by atoms with Gasteiger partial charge in [-0.15, -0.1) is 6.58 Å². The highest BCUT2D eigenvalue weighted by molar-refractivity contribution is 6.31. The molecule has 20 heavy (non-hydrogen) atoms. The average molecular weight is 296 g/mol. The van der Waals surface area contributed by atoms with Crippen molar-refractivity contribution < 1.29 is 14.3 Å². The van der Waals surface area contributed by atoms with Gasteiger partial charge >= 0.3 is 5.97 Å². The van der Waals surface area contributed by atoms with Crippen LogP contribution in [0.4, 0.5) is 0 Å². The Hall–Kier alpha value is -1.81. The molecule has 0 unspecified atom stereocenters. The van der Waals surface area contributed by atoms with E-state index in [4.69, 9.17) is 16.3 Å². The number of nitrogens with zero attached hydrogens (tertiary/aromatic N) is 1. The molecule has 0 aliphatic carbocycles. The van der Waals surface area contributed by atoms with Crippen LogP contribution in [0.2, 0.25) is 5.02 Å². The summed E-state index contributed by atoms with van der Waals surface area (Å²) < 4.78 is 4.86. The fourth-order valence-corrected chi connectivity index (χ4v) is 1.82. The Morgan fingerprint density at radius 3 is 2.70 bits per heavy atom. The van der Waals surface area contributed by atoms with Gasteiger partial charge < -0.3 is 9.64 Å².